The first-order valence-electron chi connectivity index (χ1n) is 9.08. The Hall–Kier alpha value is -2.21. The second-order valence-corrected chi connectivity index (χ2v) is 6.96. The monoisotopic (exact) mass is 381 g/mol. The molecule has 0 aromatic heterocycles. The number of ketones is 1. The van der Waals surface area contributed by atoms with E-state index in [9.17, 15) is 14.4 Å². The van der Waals surface area contributed by atoms with Crippen LogP contribution in [0, 0.1) is 5.92 Å². The highest BCUT2D eigenvalue weighted by Crippen LogP contribution is 1.92. The van der Waals surface area contributed by atoms with Crippen molar-refractivity contribution in [1.29, 1.82) is 0 Å². The molecule has 0 aliphatic carbocycles. The molecule has 0 aliphatic heterocycles. The molecule has 0 rings (SSSR count). The minimum Gasteiger partial charge on any atom is -0.350 e. The number of carbonyl (C=O) groups is 3. The Morgan fingerprint density at radius 3 is 1.52 bits per heavy atom. The van der Waals surface area contributed by atoms with E-state index in [-0.39, 0.29) is 35.6 Å². The first kappa shape index (κ1) is 29.5. The van der Waals surface area contributed by atoms with Gasteiger partial charge in [-0.3, -0.25) is 14.4 Å². The minimum atomic E-state index is -0.111. The maximum Gasteiger partial charge on any atom is 0.243 e. The Morgan fingerprint density at radius 2 is 1.30 bits per heavy atom. The highest BCUT2D eigenvalue weighted by molar-refractivity contribution is 5.90. The third-order valence-corrected chi connectivity index (χ3v) is 2.56. The van der Waals surface area contributed by atoms with Crippen molar-refractivity contribution in [2.45, 2.75) is 53.6 Å². The fraction of sp³-hybridized carbons (Fsp3) is 0.571. The van der Waals surface area contributed by atoms with Gasteiger partial charge in [0.25, 0.3) is 0 Å². The van der Waals surface area contributed by atoms with Gasteiger partial charge in [-0.25, -0.2) is 0 Å². The highest BCUT2D eigenvalue weighted by atomic mass is 16.2. The molecule has 0 fully saturated rings. The van der Waals surface area contributed by atoms with E-state index in [2.05, 4.69) is 23.8 Å². The predicted octanol–water partition coefficient (Wildman–Crippen LogP) is 2.72. The molecule has 0 aromatic rings. The van der Waals surface area contributed by atoms with Gasteiger partial charge in [-0.1, -0.05) is 33.1 Å². The molecule has 0 saturated heterocycles. The molecule has 0 spiro atoms. The quantitative estimate of drug-likeness (QED) is 0.634. The Morgan fingerprint density at radius 1 is 0.852 bits per heavy atom. The first-order valence-corrected chi connectivity index (χ1v) is 9.08. The molecule has 0 unspecified atom stereocenters. The van der Waals surface area contributed by atoms with Gasteiger partial charge in [0.05, 0.1) is 0 Å². The molecule has 2 amide bonds. The molecule has 0 aliphatic rings. The summed E-state index contributed by atoms with van der Waals surface area (Å²) in [5.41, 5.74) is 0. The van der Waals surface area contributed by atoms with Crippen LogP contribution in [0.25, 0.3) is 0 Å². The van der Waals surface area contributed by atoms with Crippen molar-refractivity contribution in [3.8, 4) is 0 Å². The van der Waals surface area contributed by atoms with Gasteiger partial charge in [0.1, 0.15) is 0 Å². The van der Waals surface area contributed by atoms with E-state index in [0.29, 0.717) is 0 Å². The lowest BCUT2D eigenvalue weighted by Crippen LogP contribution is -2.28. The van der Waals surface area contributed by atoms with Crippen molar-refractivity contribution in [3.05, 3.63) is 37.5 Å². The normalized spacial score (nSPS) is 10.1. The highest BCUT2D eigenvalue weighted by Gasteiger charge is 1.98. The second kappa shape index (κ2) is 18.6. The molecule has 2 N–H and O–H groups in total. The lowest BCUT2D eigenvalue weighted by atomic mass is 10.1. The van der Waals surface area contributed by atoms with Crippen LogP contribution in [0.4, 0.5) is 0 Å². The lowest BCUT2D eigenvalue weighted by molar-refractivity contribution is -0.117. The zero-order chi connectivity index (χ0) is 22.0. The number of allylic oxidation sites excluding steroid dienone is 1. The molecule has 156 valence electrons. The number of nitrogens with one attached hydrogen (secondary N) is 2. The summed E-state index contributed by atoms with van der Waals surface area (Å²) in [6.45, 7) is 18.8. The maximum atomic E-state index is 11.0. The van der Waals surface area contributed by atoms with E-state index in [4.69, 9.17) is 0 Å². The van der Waals surface area contributed by atoms with Crippen LogP contribution in [0.3, 0.4) is 0 Å². The number of amides is 2. The summed E-state index contributed by atoms with van der Waals surface area (Å²) in [5.74, 6) is 0.0874. The van der Waals surface area contributed by atoms with Crippen LogP contribution in [0.5, 0.6) is 0 Å². The van der Waals surface area contributed by atoms with Crippen LogP contribution in [-0.4, -0.2) is 55.2 Å². The van der Waals surface area contributed by atoms with E-state index in [1.54, 1.807) is 6.08 Å². The number of carbonyl (C=O) groups excluding carboxylic acids is 3. The number of hydrogen-bond donors (Lipinski definition) is 2. The number of rotatable bonds is 8. The summed E-state index contributed by atoms with van der Waals surface area (Å²) < 4.78 is 0. The van der Waals surface area contributed by atoms with E-state index in [1.165, 1.54) is 12.2 Å². The third kappa shape index (κ3) is 28.8. The Labute approximate surface area is 165 Å². The number of nitrogens with zero attached hydrogens (tertiary/aromatic N) is 1. The van der Waals surface area contributed by atoms with E-state index in [0.717, 1.165) is 6.54 Å². The van der Waals surface area contributed by atoms with Crippen LogP contribution >= 0.6 is 0 Å². The zero-order valence-electron chi connectivity index (χ0n) is 18.3. The molecule has 0 radical (unpaired) electrons. The third-order valence-electron chi connectivity index (χ3n) is 2.56. The molecule has 6 nitrogen and oxygen atoms in total. The summed E-state index contributed by atoms with van der Waals surface area (Å²) in [4.78, 5) is 33.8. The van der Waals surface area contributed by atoms with Crippen LogP contribution in [0.1, 0.15) is 41.5 Å². The second-order valence-electron chi connectivity index (χ2n) is 6.96. The van der Waals surface area contributed by atoms with Crippen molar-refractivity contribution in [3.63, 3.8) is 0 Å². The van der Waals surface area contributed by atoms with Gasteiger partial charge >= 0.3 is 0 Å². The average Bonchev–Trinajstić information content (AvgIpc) is 2.53. The van der Waals surface area contributed by atoms with Crippen LogP contribution in [0.2, 0.25) is 0 Å². The summed E-state index contributed by atoms with van der Waals surface area (Å²) >= 11 is 0. The molecule has 0 atom stereocenters. The molecular formula is C21H39N3O3. The van der Waals surface area contributed by atoms with Gasteiger partial charge in [-0.15, -0.1) is 0 Å². The van der Waals surface area contributed by atoms with E-state index in [1.807, 2.05) is 66.6 Å². The Kier molecular flexibility index (Phi) is 20.3. The summed E-state index contributed by atoms with van der Waals surface area (Å²) in [6.07, 6.45) is 6.03. The lowest BCUT2D eigenvalue weighted by Gasteiger charge is -2.05. The SMILES string of the molecule is C=CC(=O)C(C)C.C=CC(=O)NC(C)C.CC(C)NC(=O)/C=C/CN(C)C. The molecule has 27 heavy (non-hydrogen) atoms. The van der Waals surface area contributed by atoms with Gasteiger partial charge in [0.2, 0.25) is 11.8 Å². The molecule has 6 heteroatoms. The van der Waals surface area contributed by atoms with Crippen molar-refractivity contribution >= 4 is 17.6 Å². The van der Waals surface area contributed by atoms with Crippen molar-refractivity contribution in [1.82, 2.24) is 15.5 Å². The average molecular weight is 382 g/mol. The summed E-state index contributed by atoms with van der Waals surface area (Å²) in [5, 5.41) is 5.41. The van der Waals surface area contributed by atoms with Gasteiger partial charge in [-0.2, -0.15) is 0 Å². The van der Waals surface area contributed by atoms with Crippen molar-refractivity contribution < 1.29 is 14.4 Å². The minimum absolute atomic E-state index is 0.0214. The van der Waals surface area contributed by atoms with Crippen LogP contribution in [-0.2, 0) is 14.4 Å². The zero-order valence-corrected chi connectivity index (χ0v) is 18.3. The molecule has 0 heterocycles. The fourth-order valence-electron chi connectivity index (χ4n) is 1.28. The van der Waals surface area contributed by atoms with Gasteiger partial charge in [0.15, 0.2) is 5.78 Å². The fourth-order valence-corrected chi connectivity index (χ4v) is 1.28. The van der Waals surface area contributed by atoms with E-state index < -0.39 is 0 Å². The number of likely N-dealkylation sites (N-methyl/N-ethyl adjacent to an activating group) is 1. The Balaban J connectivity index is -0.000000336. The van der Waals surface area contributed by atoms with Crippen LogP contribution in [0.15, 0.2) is 37.5 Å². The van der Waals surface area contributed by atoms with Gasteiger partial charge in [-0.05, 0) is 53.9 Å². The van der Waals surface area contributed by atoms with Crippen LogP contribution < -0.4 is 10.6 Å². The summed E-state index contributed by atoms with van der Waals surface area (Å²) in [6, 6.07) is 0.419. The predicted molar refractivity (Wildman–Crippen MR) is 114 cm³/mol. The topological polar surface area (TPSA) is 78.5 Å². The molecule has 0 bridgehead atoms. The number of hydrogen-bond acceptors (Lipinski definition) is 4. The first-order chi connectivity index (χ1) is 12.4. The van der Waals surface area contributed by atoms with Crippen molar-refractivity contribution in [2.24, 2.45) is 5.92 Å². The maximum absolute atomic E-state index is 11.0. The van der Waals surface area contributed by atoms with E-state index >= 15 is 0 Å². The molecule has 0 aromatic carbocycles. The van der Waals surface area contributed by atoms with Crippen molar-refractivity contribution in [2.75, 3.05) is 20.6 Å². The smallest absolute Gasteiger partial charge is 0.243 e. The largest absolute Gasteiger partial charge is 0.350 e. The summed E-state index contributed by atoms with van der Waals surface area (Å²) in [7, 11) is 3.93. The standard InChI is InChI=1S/C9H18N2O.C6H11NO.C6H10O/c1-8(2)10-9(12)6-5-7-11(3)4;1-4-6(8)7-5(2)3;1-4-6(7)5(2)3/h5-6,8H,7H2,1-4H3,(H,10,12);4-5H,1H2,2-3H3,(H,7,8);4-5H,1H2,2-3H3/b6-5+;;. The molecular weight excluding hydrogens is 342 g/mol. The molecule has 0 saturated carbocycles. The van der Waals surface area contributed by atoms with Gasteiger partial charge < -0.3 is 15.5 Å². The van der Waals surface area contributed by atoms with Gasteiger partial charge in [0, 0.05) is 30.6 Å². The Bertz CT molecular complexity index is 479.